The Morgan fingerprint density at radius 3 is 2.47 bits per heavy atom. The highest BCUT2D eigenvalue weighted by atomic mass is 16.1. The molecule has 1 aromatic carbocycles. The molecule has 104 valence electrons. The Morgan fingerprint density at radius 2 is 1.89 bits per heavy atom. The van der Waals surface area contributed by atoms with Crippen LogP contribution in [0.4, 0.5) is 0 Å². The van der Waals surface area contributed by atoms with Gasteiger partial charge in [0, 0.05) is 12.1 Å². The van der Waals surface area contributed by atoms with Gasteiger partial charge in [-0.05, 0) is 37.7 Å². The molecule has 2 rings (SSSR count). The molecule has 0 radical (unpaired) electrons. The second kappa shape index (κ2) is 6.71. The number of nitrogens with one attached hydrogen (secondary N) is 1. The lowest BCUT2D eigenvalue weighted by molar-refractivity contribution is -0.123. The van der Waals surface area contributed by atoms with Crippen molar-refractivity contribution in [1.82, 2.24) is 5.32 Å². The van der Waals surface area contributed by atoms with Gasteiger partial charge in [-0.1, -0.05) is 37.3 Å². The molecule has 1 aromatic rings. The summed E-state index contributed by atoms with van der Waals surface area (Å²) in [5, 5.41) is 3.19. The Bertz CT molecular complexity index is 396. The van der Waals surface area contributed by atoms with Crippen LogP contribution in [0.2, 0.25) is 0 Å². The topological polar surface area (TPSA) is 55.1 Å². The van der Waals surface area contributed by atoms with E-state index in [1.54, 1.807) is 0 Å². The molecule has 1 aliphatic rings. The molecule has 3 N–H and O–H groups in total. The van der Waals surface area contributed by atoms with Gasteiger partial charge in [0.1, 0.15) is 0 Å². The van der Waals surface area contributed by atoms with Crippen LogP contribution >= 0.6 is 0 Å². The third-order valence-corrected chi connectivity index (χ3v) is 4.04. The summed E-state index contributed by atoms with van der Waals surface area (Å²) in [6.45, 7) is 2.06. The van der Waals surface area contributed by atoms with Gasteiger partial charge in [0.05, 0.1) is 5.92 Å². The lowest BCUT2D eigenvalue weighted by Crippen LogP contribution is -2.42. The fourth-order valence-electron chi connectivity index (χ4n) is 2.82. The van der Waals surface area contributed by atoms with Crippen LogP contribution in [0.5, 0.6) is 0 Å². The van der Waals surface area contributed by atoms with Crippen molar-refractivity contribution in [1.29, 1.82) is 0 Å². The lowest BCUT2D eigenvalue weighted by Gasteiger charge is -2.28. The van der Waals surface area contributed by atoms with E-state index in [1.807, 2.05) is 30.3 Å². The minimum Gasteiger partial charge on any atom is -0.353 e. The van der Waals surface area contributed by atoms with Gasteiger partial charge in [-0.15, -0.1) is 0 Å². The van der Waals surface area contributed by atoms with Crippen molar-refractivity contribution in [3.63, 3.8) is 0 Å². The highest BCUT2D eigenvalue weighted by Crippen LogP contribution is 2.22. The van der Waals surface area contributed by atoms with Gasteiger partial charge in [-0.25, -0.2) is 0 Å². The van der Waals surface area contributed by atoms with Crippen LogP contribution in [0.3, 0.4) is 0 Å². The maximum absolute atomic E-state index is 12.4. The van der Waals surface area contributed by atoms with E-state index in [9.17, 15) is 4.79 Å². The third kappa shape index (κ3) is 3.80. The molecule has 0 aliphatic heterocycles. The van der Waals surface area contributed by atoms with Crippen LogP contribution in [0.1, 0.15) is 50.5 Å². The van der Waals surface area contributed by atoms with E-state index in [0.717, 1.165) is 37.7 Å². The maximum atomic E-state index is 12.4. The van der Waals surface area contributed by atoms with E-state index in [0.29, 0.717) is 12.1 Å². The third-order valence-electron chi connectivity index (χ3n) is 4.04. The van der Waals surface area contributed by atoms with Gasteiger partial charge in [-0.2, -0.15) is 0 Å². The lowest BCUT2D eigenvalue weighted by atomic mass is 9.90. The second-order valence-corrected chi connectivity index (χ2v) is 5.49. The van der Waals surface area contributed by atoms with Crippen molar-refractivity contribution in [2.45, 2.75) is 57.0 Å². The largest absolute Gasteiger partial charge is 0.353 e. The number of hydrogen-bond donors (Lipinski definition) is 2. The predicted molar refractivity (Wildman–Crippen MR) is 77.8 cm³/mol. The number of rotatable bonds is 4. The van der Waals surface area contributed by atoms with Gasteiger partial charge in [-0.3, -0.25) is 4.79 Å². The summed E-state index contributed by atoms with van der Waals surface area (Å²) in [5.41, 5.74) is 7.00. The van der Waals surface area contributed by atoms with Gasteiger partial charge in [0.2, 0.25) is 5.91 Å². The minimum atomic E-state index is -0.0307. The number of nitrogens with two attached hydrogens (primary N) is 1. The molecule has 3 nitrogen and oxygen atoms in total. The normalized spacial score (nSPS) is 24.7. The van der Waals surface area contributed by atoms with Crippen molar-refractivity contribution in [2.24, 2.45) is 5.73 Å². The molecule has 0 aromatic heterocycles. The number of carbonyl (C=O) groups is 1. The van der Waals surface area contributed by atoms with Gasteiger partial charge in [0.25, 0.3) is 0 Å². The average Bonchev–Trinajstić information content (AvgIpc) is 2.43. The van der Waals surface area contributed by atoms with Crippen molar-refractivity contribution in [2.75, 3.05) is 0 Å². The summed E-state index contributed by atoms with van der Waals surface area (Å²) >= 11 is 0. The van der Waals surface area contributed by atoms with Gasteiger partial charge in [0.15, 0.2) is 0 Å². The Balaban J connectivity index is 1.94. The van der Waals surface area contributed by atoms with E-state index in [2.05, 4.69) is 12.2 Å². The van der Waals surface area contributed by atoms with Crippen LogP contribution in [-0.4, -0.2) is 18.0 Å². The molecule has 0 spiro atoms. The first-order valence-corrected chi connectivity index (χ1v) is 7.31. The maximum Gasteiger partial charge on any atom is 0.227 e. The molecule has 0 bridgehead atoms. The summed E-state index contributed by atoms with van der Waals surface area (Å²) < 4.78 is 0. The molecule has 19 heavy (non-hydrogen) atoms. The monoisotopic (exact) mass is 260 g/mol. The highest BCUT2D eigenvalue weighted by molar-refractivity contribution is 5.83. The van der Waals surface area contributed by atoms with E-state index < -0.39 is 0 Å². The highest BCUT2D eigenvalue weighted by Gasteiger charge is 2.24. The number of amides is 1. The second-order valence-electron chi connectivity index (χ2n) is 5.49. The molecular formula is C16H24N2O. The van der Waals surface area contributed by atoms with Gasteiger partial charge >= 0.3 is 0 Å². The molecule has 1 atom stereocenters. The summed E-state index contributed by atoms with van der Waals surface area (Å²) in [7, 11) is 0. The minimum absolute atomic E-state index is 0.0307. The first-order chi connectivity index (χ1) is 9.20. The Kier molecular flexibility index (Phi) is 4.97. The van der Waals surface area contributed by atoms with E-state index in [-0.39, 0.29) is 11.8 Å². The Hall–Kier alpha value is -1.35. The van der Waals surface area contributed by atoms with Crippen LogP contribution in [0, 0.1) is 0 Å². The number of benzene rings is 1. The summed E-state index contributed by atoms with van der Waals surface area (Å²) in [5.74, 6) is 0.131. The van der Waals surface area contributed by atoms with E-state index in [4.69, 9.17) is 5.73 Å². The van der Waals surface area contributed by atoms with Crippen LogP contribution in [0.25, 0.3) is 0 Å². The van der Waals surface area contributed by atoms with Crippen LogP contribution in [0.15, 0.2) is 30.3 Å². The molecule has 0 heterocycles. The molecule has 1 aliphatic carbocycles. The zero-order chi connectivity index (χ0) is 13.7. The van der Waals surface area contributed by atoms with Crippen molar-refractivity contribution < 1.29 is 4.79 Å². The van der Waals surface area contributed by atoms with Crippen LogP contribution < -0.4 is 11.1 Å². The first-order valence-electron chi connectivity index (χ1n) is 7.31. The summed E-state index contributed by atoms with van der Waals surface area (Å²) in [6.07, 6.45) is 4.90. The number of carbonyl (C=O) groups excluding carboxylic acids is 1. The zero-order valence-corrected chi connectivity index (χ0v) is 11.6. The summed E-state index contributed by atoms with van der Waals surface area (Å²) in [4.78, 5) is 12.4. The molecule has 0 saturated heterocycles. The van der Waals surface area contributed by atoms with E-state index in [1.165, 1.54) is 0 Å². The van der Waals surface area contributed by atoms with Gasteiger partial charge < -0.3 is 11.1 Å². The van der Waals surface area contributed by atoms with Crippen molar-refractivity contribution >= 4 is 5.91 Å². The average molecular weight is 260 g/mol. The SMILES string of the molecule is CCC(C(=O)NC1CCC(N)CC1)c1ccccc1. The van der Waals surface area contributed by atoms with Crippen molar-refractivity contribution in [3.8, 4) is 0 Å². The molecule has 3 heteroatoms. The molecular weight excluding hydrogens is 236 g/mol. The summed E-state index contributed by atoms with van der Waals surface area (Å²) in [6, 6.07) is 10.7. The molecule has 1 saturated carbocycles. The molecule has 1 fully saturated rings. The van der Waals surface area contributed by atoms with Crippen molar-refractivity contribution in [3.05, 3.63) is 35.9 Å². The standard InChI is InChI=1S/C16H24N2O/c1-2-15(12-6-4-3-5-7-12)16(19)18-14-10-8-13(17)9-11-14/h3-7,13-15H,2,8-11,17H2,1H3,(H,18,19). The van der Waals surface area contributed by atoms with Crippen LogP contribution in [-0.2, 0) is 4.79 Å². The molecule has 1 unspecified atom stereocenters. The quantitative estimate of drug-likeness (QED) is 0.874. The first kappa shape index (κ1) is 14.1. The Labute approximate surface area is 115 Å². The number of hydrogen-bond acceptors (Lipinski definition) is 2. The smallest absolute Gasteiger partial charge is 0.227 e. The fraction of sp³-hybridized carbons (Fsp3) is 0.562. The fourth-order valence-corrected chi connectivity index (χ4v) is 2.82. The predicted octanol–water partition coefficient (Wildman–Crippen LogP) is 2.57. The van der Waals surface area contributed by atoms with E-state index >= 15 is 0 Å². The zero-order valence-electron chi connectivity index (χ0n) is 11.6. The molecule has 1 amide bonds. The Morgan fingerprint density at radius 1 is 1.26 bits per heavy atom.